The van der Waals surface area contributed by atoms with Crippen molar-refractivity contribution in [1.82, 2.24) is 15.2 Å². The maximum Gasteiger partial charge on any atom is 0.237 e. The summed E-state index contributed by atoms with van der Waals surface area (Å²) in [7, 11) is 0. The van der Waals surface area contributed by atoms with Crippen LogP contribution in [0.3, 0.4) is 0 Å². The topological polar surface area (TPSA) is 70.7 Å². The standard InChI is InChI=1S/C23H26N4OS/c1-16(21(28)24-19-13-11-18(12-14-19)23(2,3)4)29-22-25-20(26-27-22)15-10-17-8-6-5-7-9-17/h5-16H,1-4H3,(H,24,28)(H,25,26,27)/b15-10+. The molecule has 0 saturated heterocycles. The van der Waals surface area contributed by atoms with Crippen LogP contribution in [0, 0.1) is 0 Å². The maximum atomic E-state index is 12.5. The lowest BCUT2D eigenvalue weighted by atomic mass is 9.87. The first-order chi connectivity index (χ1) is 13.8. The quantitative estimate of drug-likeness (QED) is 0.538. The Kier molecular flexibility index (Phi) is 6.54. The highest BCUT2D eigenvalue weighted by Gasteiger charge is 2.18. The molecular formula is C23H26N4OS. The smallest absolute Gasteiger partial charge is 0.237 e. The fourth-order valence-corrected chi connectivity index (χ4v) is 3.37. The lowest BCUT2D eigenvalue weighted by Gasteiger charge is -2.19. The third-order valence-corrected chi connectivity index (χ3v) is 5.35. The van der Waals surface area contributed by atoms with E-state index in [9.17, 15) is 4.79 Å². The van der Waals surface area contributed by atoms with Crippen LogP contribution >= 0.6 is 11.8 Å². The highest BCUT2D eigenvalue weighted by molar-refractivity contribution is 8.00. The summed E-state index contributed by atoms with van der Waals surface area (Å²) in [4.78, 5) is 16.9. The minimum absolute atomic E-state index is 0.0790. The molecule has 150 valence electrons. The number of nitrogens with zero attached hydrogens (tertiary/aromatic N) is 2. The van der Waals surface area contributed by atoms with E-state index in [0.717, 1.165) is 11.3 Å². The van der Waals surface area contributed by atoms with Crippen molar-refractivity contribution < 1.29 is 4.79 Å². The van der Waals surface area contributed by atoms with Gasteiger partial charge in [0.05, 0.1) is 5.25 Å². The van der Waals surface area contributed by atoms with Gasteiger partial charge in [-0.2, -0.15) is 0 Å². The van der Waals surface area contributed by atoms with Gasteiger partial charge in [0, 0.05) is 5.69 Å². The van der Waals surface area contributed by atoms with Crippen molar-refractivity contribution in [3.63, 3.8) is 0 Å². The average molecular weight is 407 g/mol. The predicted molar refractivity (Wildman–Crippen MR) is 121 cm³/mol. The van der Waals surface area contributed by atoms with Gasteiger partial charge in [-0.3, -0.25) is 9.89 Å². The second-order valence-electron chi connectivity index (χ2n) is 7.82. The lowest BCUT2D eigenvalue weighted by Crippen LogP contribution is -2.22. The van der Waals surface area contributed by atoms with Gasteiger partial charge in [-0.1, -0.05) is 81.1 Å². The van der Waals surface area contributed by atoms with Crippen LogP contribution in [-0.4, -0.2) is 26.3 Å². The fourth-order valence-electron chi connectivity index (χ4n) is 2.63. The average Bonchev–Trinajstić information content (AvgIpc) is 3.14. The minimum atomic E-state index is -0.320. The van der Waals surface area contributed by atoms with Gasteiger partial charge in [-0.15, -0.1) is 5.10 Å². The van der Waals surface area contributed by atoms with Gasteiger partial charge in [0.1, 0.15) is 5.82 Å². The van der Waals surface area contributed by atoms with E-state index in [1.165, 1.54) is 17.3 Å². The lowest BCUT2D eigenvalue weighted by molar-refractivity contribution is -0.115. The number of carbonyl (C=O) groups excluding carboxylic acids is 1. The fraction of sp³-hybridized carbons (Fsp3) is 0.261. The number of aromatic nitrogens is 3. The van der Waals surface area contributed by atoms with E-state index >= 15 is 0 Å². The van der Waals surface area contributed by atoms with Crippen LogP contribution in [-0.2, 0) is 10.2 Å². The molecule has 2 N–H and O–H groups in total. The zero-order valence-corrected chi connectivity index (χ0v) is 18.0. The number of carbonyl (C=O) groups is 1. The summed E-state index contributed by atoms with van der Waals surface area (Å²) in [6.45, 7) is 8.35. The number of aromatic amines is 1. The Balaban J connectivity index is 1.56. The van der Waals surface area contributed by atoms with Crippen LogP contribution in [0.2, 0.25) is 0 Å². The molecular weight excluding hydrogens is 380 g/mol. The molecule has 0 aliphatic rings. The summed E-state index contributed by atoms with van der Waals surface area (Å²) in [6, 6.07) is 18.0. The molecule has 0 fully saturated rings. The first-order valence-corrected chi connectivity index (χ1v) is 10.4. The third kappa shape index (κ3) is 6.06. The highest BCUT2D eigenvalue weighted by atomic mass is 32.2. The number of amides is 1. The second kappa shape index (κ2) is 9.09. The number of nitrogens with one attached hydrogen (secondary N) is 2. The zero-order chi connectivity index (χ0) is 20.9. The normalized spacial score (nSPS) is 12.8. The van der Waals surface area contributed by atoms with Crippen LogP contribution in [0.5, 0.6) is 0 Å². The Labute approximate surface area is 176 Å². The van der Waals surface area contributed by atoms with E-state index in [1.807, 2.05) is 73.7 Å². The Morgan fingerprint density at radius 2 is 1.76 bits per heavy atom. The second-order valence-corrected chi connectivity index (χ2v) is 9.13. The van der Waals surface area contributed by atoms with Crippen molar-refractivity contribution in [2.24, 2.45) is 0 Å². The van der Waals surface area contributed by atoms with Crippen molar-refractivity contribution >= 4 is 35.5 Å². The summed E-state index contributed by atoms with van der Waals surface area (Å²) in [5.74, 6) is 0.575. The van der Waals surface area contributed by atoms with Crippen LogP contribution in [0.1, 0.15) is 44.6 Å². The molecule has 1 atom stereocenters. The van der Waals surface area contributed by atoms with Crippen molar-refractivity contribution in [2.75, 3.05) is 5.32 Å². The number of anilines is 1. The molecule has 5 nitrogen and oxygen atoms in total. The molecule has 29 heavy (non-hydrogen) atoms. The van der Waals surface area contributed by atoms with Gasteiger partial charge in [0.2, 0.25) is 11.1 Å². The van der Waals surface area contributed by atoms with E-state index < -0.39 is 0 Å². The Hall–Kier alpha value is -2.86. The molecule has 0 saturated carbocycles. The van der Waals surface area contributed by atoms with E-state index in [1.54, 1.807) is 0 Å². The summed E-state index contributed by atoms with van der Waals surface area (Å²) in [5, 5.41) is 10.3. The minimum Gasteiger partial charge on any atom is -0.325 e. The molecule has 3 rings (SSSR count). The van der Waals surface area contributed by atoms with Crippen LogP contribution in [0.25, 0.3) is 12.2 Å². The summed E-state index contributed by atoms with van der Waals surface area (Å²) >= 11 is 1.32. The van der Waals surface area contributed by atoms with E-state index in [0.29, 0.717) is 11.0 Å². The van der Waals surface area contributed by atoms with Gasteiger partial charge in [0.15, 0.2) is 0 Å². The molecule has 1 heterocycles. The monoisotopic (exact) mass is 406 g/mol. The third-order valence-electron chi connectivity index (χ3n) is 4.39. The van der Waals surface area contributed by atoms with Gasteiger partial charge < -0.3 is 5.32 Å². The highest BCUT2D eigenvalue weighted by Crippen LogP contribution is 2.25. The summed E-state index contributed by atoms with van der Waals surface area (Å²) in [6.07, 6.45) is 3.83. The molecule has 6 heteroatoms. The Morgan fingerprint density at radius 3 is 2.41 bits per heavy atom. The molecule has 1 amide bonds. The molecule has 1 unspecified atom stereocenters. The first-order valence-electron chi connectivity index (χ1n) is 9.55. The molecule has 2 aromatic carbocycles. The molecule has 0 aliphatic carbocycles. The van der Waals surface area contributed by atoms with E-state index in [4.69, 9.17) is 0 Å². The van der Waals surface area contributed by atoms with Crippen molar-refractivity contribution in [3.05, 3.63) is 71.5 Å². The van der Waals surface area contributed by atoms with Crippen LogP contribution in [0.4, 0.5) is 5.69 Å². The Bertz CT molecular complexity index is 972. The first kappa shape index (κ1) is 20.9. The Morgan fingerprint density at radius 1 is 1.07 bits per heavy atom. The van der Waals surface area contributed by atoms with E-state index in [2.05, 4.69) is 41.3 Å². The molecule has 3 aromatic rings. The SMILES string of the molecule is CC(Sc1n[nH]c(/C=C/c2ccccc2)n1)C(=O)Nc1ccc(C(C)(C)C)cc1. The van der Waals surface area contributed by atoms with Crippen molar-refractivity contribution in [2.45, 2.75) is 43.5 Å². The molecule has 0 bridgehead atoms. The molecule has 1 aromatic heterocycles. The largest absolute Gasteiger partial charge is 0.325 e. The number of benzene rings is 2. The van der Waals surface area contributed by atoms with E-state index in [-0.39, 0.29) is 16.6 Å². The summed E-state index contributed by atoms with van der Waals surface area (Å²) in [5.41, 5.74) is 3.19. The number of hydrogen-bond donors (Lipinski definition) is 2. The number of thioether (sulfide) groups is 1. The summed E-state index contributed by atoms with van der Waals surface area (Å²) < 4.78 is 0. The van der Waals surface area contributed by atoms with Crippen molar-refractivity contribution in [1.29, 1.82) is 0 Å². The number of rotatable bonds is 6. The zero-order valence-electron chi connectivity index (χ0n) is 17.1. The van der Waals surface area contributed by atoms with Crippen molar-refractivity contribution in [3.8, 4) is 0 Å². The van der Waals surface area contributed by atoms with Gasteiger partial charge in [-0.05, 0) is 41.7 Å². The predicted octanol–water partition coefficient (Wildman–Crippen LogP) is 5.39. The molecule has 0 spiro atoms. The van der Waals surface area contributed by atoms with Crippen LogP contribution < -0.4 is 5.32 Å². The number of H-pyrrole nitrogens is 1. The van der Waals surface area contributed by atoms with Gasteiger partial charge >= 0.3 is 0 Å². The maximum absolute atomic E-state index is 12.5. The van der Waals surface area contributed by atoms with Gasteiger partial charge in [-0.25, -0.2) is 4.98 Å². The number of hydrogen-bond acceptors (Lipinski definition) is 4. The van der Waals surface area contributed by atoms with Gasteiger partial charge in [0.25, 0.3) is 0 Å². The molecule has 0 radical (unpaired) electrons. The van der Waals surface area contributed by atoms with Crippen LogP contribution in [0.15, 0.2) is 59.8 Å². The molecule has 0 aliphatic heterocycles.